The van der Waals surface area contributed by atoms with Crippen molar-refractivity contribution in [2.24, 2.45) is 11.7 Å². The van der Waals surface area contributed by atoms with Crippen LogP contribution < -0.4 is 5.73 Å². The molecule has 0 aromatic carbocycles. The molecule has 0 aromatic heterocycles. The fourth-order valence-corrected chi connectivity index (χ4v) is 3.55. The fourth-order valence-electron chi connectivity index (χ4n) is 3.55. The maximum absolute atomic E-state index is 6.57. The molecule has 3 nitrogen and oxygen atoms in total. The van der Waals surface area contributed by atoms with Gasteiger partial charge in [-0.1, -0.05) is 12.8 Å². The van der Waals surface area contributed by atoms with E-state index in [0.29, 0.717) is 5.92 Å². The normalized spacial score (nSPS) is 31.9. The molecule has 94 valence electrons. The van der Waals surface area contributed by atoms with Crippen molar-refractivity contribution >= 4 is 0 Å². The van der Waals surface area contributed by atoms with Crippen LogP contribution in [0.3, 0.4) is 0 Å². The number of rotatable bonds is 3. The van der Waals surface area contributed by atoms with E-state index >= 15 is 0 Å². The van der Waals surface area contributed by atoms with Gasteiger partial charge in [0.1, 0.15) is 0 Å². The van der Waals surface area contributed by atoms with Crippen LogP contribution in [0, 0.1) is 5.92 Å². The molecule has 0 amide bonds. The Morgan fingerprint density at radius 3 is 2.44 bits per heavy atom. The summed E-state index contributed by atoms with van der Waals surface area (Å²) in [6, 6.07) is 0.283. The van der Waals surface area contributed by atoms with Crippen molar-refractivity contribution in [2.45, 2.75) is 50.1 Å². The molecule has 2 rings (SSSR count). The highest BCUT2D eigenvalue weighted by atomic mass is 16.5. The van der Waals surface area contributed by atoms with Crippen LogP contribution in [0.1, 0.15) is 38.5 Å². The summed E-state index contributed by atoms with van der Waals surface area (Å²) in [5, 5.41) is 0. The summed E-state index contributed by atoms with van der Waals surface area (Å²) in [5.41, 5.74) is 6.81. The Morgan fingerprint density at radius 2 is 1.94 bits per heavy atom. The van der Waals surface area contributed by atoms with Gasteiger partial charge in [-0.3, -0.25) is 0 Å². The molecule has 2 atom stereocenters. The molecule has 2 unspecified atom stereocenters. The standard InChI is InChI=1S/C13H26N2O/c1-15(2)13(7-3-4-8-13)12(14)11-6-5-9-16-10-11/h11-12H,3-10,14H2,1-2H3. The maximum atomic E-state index is 6.57. The molecule has 1 heterocycles. The monoisotopic (exact) mass is 226 g/mol. The number of nitrogens with zero attached hydrogens (tertiary/aromatic N) is 1. The zero-order valence-corrected chi connectivity index (χ0v) is 10.7. The SMILES string of the molecule is CN(C)C1(C(N)C2CCCOC2)CCCC1. The number of ether oxygens (including phenoxy) is 1. The van der Waals surface area contributed by atoms with Crippen molar-refractivity contribution in [2.75, 3.05) is 27.3 Å². The largest absolute Gasteiger partial charge is 0.381 e. The van der Waals surface area contributed by atoms with E-state index < -0.39 is 0 Å². The van der Waals surface area contributed by atoms with Crippen LogP contribution in [-0.4, -0.2) is 43.8 Å². The van der Waals surface area contributed by atoms with E-state index in [-0.39, 0.29) is 11.6 Å². The smallest absolute Gasteiger partial charge is 0.0509 e. The van der Waals surface area contributed by atoms with E-state index in [4.69, 9.17) is 10.5 Å². The van der Waals surface area contributed by atoms with Crippen LogP contribution in [0.15, 0.2) is 0 Å². The predicted molar refractivity (Wildman–Crippen MR) is 66.4 cm³/mol. The zero-order chi connectivity index (χ0) is 11.6. The summed E-state index contributed by atoms with van der Waals surface area (Å²) in [6.45, 7) is 1.80. The number of hydrogen-bond donors (Lipinski definition) is 1. The molecule has 0 radical (unpaired) electrons. The summed E-state index contributed by atoms with van der Waals surface area (Å²) < 4.78 is 5.59. The molecule has 2 fully saturated rings. The fraction of sp³-hybridized carbons (Fsp3) is 1.00. The quantitative estimate of drug-likeness (QED) is 0.794. The van der Waals surface area contributed by atoms with E-state index in [1.54, 1.807) is 0 Å². The van der Waals surface area contributed by atoms with E-state index in [1.807, 2.05) is 0 Å². The van der Waals surface area contributed by atoms with Crippen molar-refractivity contribution in [3.05, 3.63) is 0 Å². The minimum atomic E-state index is 0.241. The molecule has 0 bridgehead atoms. The molecule has 16 heavy (non-hydrogen) atoms. The topological polar surface area (TPSA) is 38.5 Å². The van der Waals surface area contributed by atoms with Crippen molar-refractivity contribution in [1.82, 2.24) is 4.90 Å². The third kappa shape index (κ3) is 2.13. The van der Waals surface area contributed by atoms with Crippen LogP contribution >= 0.6 is 0 Å². The molecule has 1 aliphatic heterocycles. The Hall–Kier alpha value is -0.120. The minimum Gasteiger partial charge on any atom is -0.381 e. The van der Waals surface area contributed by atoms with E-state index in [0.717, 1.165) is 13.2 Å². The maximum Gasteiger partial charge on any atom is 0.0509 e. The molecule has 2 N–H and O–H groups in total. The van der Waals surface area contributed by atoms with Gasteiger partial charge in [-0.25, -0.2) is 0 Å². The van der Waals surface area contributed by atoms with Gasteiger partial charge < -0.3 is 15.4 Å². The van der Waals surface area contributed by atoms with Crippen molar-refractivity contribution in [1.29, 1.82) is 0 Å². The van der Waals surface area contributed by atoms with Gasteiger partial charge in [-0.05, 0) is 45.7 Å². The van der Waals surface area contributed by atoms with Gasteiger partial charge in [0.2, 0.25) is 0 Å². The number of likely N-dealkylation sites (N-methyl/N-ethyl adjacent to an activating group) is 1. The third-order valence-electron chi connectivity index (χ3n) is 4.68. The second kappa shape index (κ2) is 5.03. The first-order chi connectivity index (χ1) is 7.67. The molecule has 2 aliphatic rings. The molecule has 3 heteroatoms. The molecule has 1 saturated heterocycles. The first kappa shape index (κ1) is 12.3. The average Bonchev–Trinajstić information content (AvgIpc) is 2.79. The van der Waals surface area contributed by atoms with Crippen molar-refractivity contribution < 1.29 is 4.74 Å². The van der Waals surface area contributed by atoms with Crippen LogP contribution in [0.2, 0.25) is 0 Å². The number of nitrogens with two attached hydrogens (primary N) is 1. The molecular formula is C13H26N2O. The minimum absolute atomic E-state index is 0.241. The first-order valence-electron chi connectivity index (χ1n) is 6.67. The summed E-state index contributed by atoms with van der Waals surface area (Å²) in [6.07, 6.45) is 7.62. The second-order valence-corrected chi connectivity index (χ2v) is 5.71. The Labute approximate surface area is 99.3 Å². The summed E-state index contributed by atoms with van der Waals surface area (Å²) >= 11 is 0. The van der Waals surface area contributed by atoms with Gasteiger partial charge in [-0.15, -0.1) is 0 Å². The summed E-state index contributed by atoms with van der Waals surface area (Å²) in [7, 11) is 4.38. The van der Waals surface area contributed by atoms with Gasteiger partial charge in [0, 0.05) is 18.2 Å². The third-order valence-corrected chi connectivity index (χ3v) is 4.68. The van der Waals surface area contributed by atoms with Crippen LogP contribution in [-0.2, 0) is 4.74 Å². The van der Waals surface area contributed by atoms with Gasteiger partial charge in [0.15, 0.2) is 0 Å². The van der Waals surface area contributed by atoms with E-state index in [9.17, 15) is 0 Å². The molecule has 0 spiro atoms. The zero-order valence-electron chi connectivity index (χ0n) is 10.7. The van der Waals surface area contributed by atoms with Gasteiger partial charge in [0.25, 0.3) is 0 Å². The van der Waals surface area contributed by atoms with Crippen molar-refractivity contribution in [3.8, 4) is 0 Å². The predicted octanol–water partition coefficient (Wildman–Crippen LogP) is 1.61. The van der Waals surface area contributed by atoms with Crippen LogP contribution in [0.5, 0.6) is 0 Å². The molecule has 1 aliphatic carbocycles. The van der Waals surface area contributed by atoms with Gasteiger partial charge in [-0.2, -0.15) is 0 Å². The Kier molecular flexibility index (Phi) is 3.88. The highest BCUT2D eigenvalue weighted by Gasteiger charge is 2.44. The van der Waals surface area contributed by atoms with Crippen LogP contribution in [0.25, 0.3) is 0 Å². The number of hydrogen-bond acceptors (Lipinski definition) is 3. The average molecular weight is 226 g/mol. The lowest BCUT2D eigenvalue weighted by atomic mass is 9.78. The summed E-state index contributed by atoms with van der Waals surface area (Å²) in [4.78, 5) is 2.37. The lowest BCUT2D eigenvalue weighted by Gasteiger charge is -2.45. The molecular weight excluding hydrogens is 200 g/mol. The first-order valence-corrected chi connectivity index (χ1v) is 6.67. The lowest BCUT2D eigenvalue weighted by molar-refractivity contribution is 0.00680. The highest BCUT2D eigenvalue weighted by Crippen LogP contribution is 2.39. The molecule has 0 aromatic rings. The highest BCUT2D eigenvalue weighted by molar-refractivity contribution is 5.03. The van der Waals surface area contributed by atoms with Gasteiger partial charge in [0.05, 0.1) is 6.61 Å². The summed E-state index contributed by atoms with van der Waals surface area (Å²) in [5.74, 6) is 0.564. The second-order valence-electron chi connectivity index (χ2n) is 5.71. The Balaban J connectivity index is 2.07. The van der Waals surface area contributed by atoms with E-state index in [1.165, 1.54) is 38.5 Å². The lowest BCUT2D eigenvalue weighted by Crippen LogP contribution is -2.59. The Bertz CT molecular complexity index is 218. The molecule has 1 saturated carbocycles. The van der Waals surface area contributed by atoms with Crippen molar-refractivity contribution in [3.63, 3.8) is 0 Å². The van der Waals surface area contributed by atoms with Gasteiger partial charge >= 0.3 is 0 Å². The van der Waals surface area contributed by atoms with E-state index in [2.05, 4.69) is 19.0 Å². The van der Waals surface area contributed by atoms with Crippen LogP contribution in [0.4, 0.5) is 0 Å². The Morgan fingerprint density at radius 1 is 1.25 bits per heavy atom.